The van der Waals surface area contributed by atoms with Crippen molar-refractivity contribution in [2.45, 2.75) is 53.2 Å². The van der Waals surface area contributed by atoms with Crippen molar-refractivity contribution in [3.05, 3.63) is 47.2 Å². The summed E-state index contributed by atoms with van der Waals surface area (Å²) in [6.45, 7) is 12.7. The van der Waals surface area contributed by atoms with Crippen LogP contribution in [0.15, 0.2) is 33.7 Å². The molecule has 2 aromatic rings. The number of benzene rings is 1. The second-order valence-corrected chi connectivity index (χ2v) is 8.55. The molecule has 2 N–H and O–H groups in total. The van der Waals surface area contributed by atoms with Crippen LogP contribution in [0.4, 0.5) is 0 Å². The van der Waals surface area contributed by atoms with Crippen molar-refractivity contribution >= 4 is 29.9 Å². The van der Waals surface area contributed by atoms with Gasteiger partial charge in [0.25, 0.3) is 0 Å². The van der Waals surface area contributed by atoms with Crippen molar-refractivity contribution in [2.24, 2.45) is 10.9 Å². The summed E-state index contributed by atoms with van der Waals surface area (Å²) in [5.41, 5.74) is 2.19. The number of hydrogen-bond donors (Lipinski definition) is 2. The highest BCUT2D eigenvalue weighted by Gasteiger charge is 2.21. The van der Waals surface area contributed by atoms with E-state index in [2.05, 4.69) is 51.5 Å². The van der Waals surface area contributed by atoms with Gasteiger partial charge in [0.15, 0.2) is 5.96 Å². The minimum atomic E-state index is 0. The summed E-state index contributed by atoms with van der Waals surface area (Å²) in [7, 11) is 1.81. The van der Waals surface area contributed by atoms with E-state index in [4.69, 9.17) is 9.15 Å². The number of nitrogens with zero attached hydrogens (tertiary/aromatic N) is 3. The number of rotatable bonds is 8. The number of oxazole rings is 1. The SMILES string of the molecule is CN=C(NCC1CCN(Cc2nc(C)c(C)o2)CC1)NCC(C)Oc1cccc(C)c1.I. The number of aromatic nitrogens is 1. The summed E-state index contributed by atoms with van der Waals surface area (Å²) in [4.78, 5) is 11.3. The van der Waals surface area contributed by atoms with Crippen LogP contribution in [0.25, 0.3) is 0 Å². The largest absolute Gasteiger partial charge is 0.489 e. The molecule has 3 rings (SSSR count). The quantitative estimate of drug-likeness (QED) is 0.291. The van der Waals surface area contributed by atoms with Crippen LogP contribution < -0.4 is 15.4 Å². The van der Waals surface area contributed by atoms with Gasteiger partial charge in [0.05, 0.1) is 18.8 Å². The predicted octanol–water partition coefficient (Wildman–Crippen LogP) is 4.06. The van der Waals surface area contributed by atoms with E-state index in [1.807, 2.05) is 33.0 Å². The first-order chi connectivity index (χ1) is 14.9. The van der Waals surface area contributed by atoms with Crippen molar-refractivity contribution in [2.75, 3.05) is 33.2 Å². The zero-order valence-electron chi connectivity index (χ0n) is 20.0. The molecule has 32 heavy (non-hydrogen) atoms. The molecule has 1 atom stereocenters. The first kappa shape index (κ1) is 26.4. The Morgan fingerprint density at radius 1 is 1.25 bits per heavy atom. The van der Waals surface area contributed by atoms with Gasteiger partial charge < -0.3 is 19.8 Å². The normalized spacial score (nSPS) is 16.3. The smallest absolute Gasteiger partial charge is 0.208 e. The van der Waals surface area contributed by atoms with Gasteiger partial charge in [0.1, 0.15) is 17.6 Å². The van der Waals surface area contributed by atoms with E-state index >= 15 is 0 Å². The second-order valence-electron chi connectivity index (χ2n) is 8.55. The maximum atomic E-state index is 5.99. The van der Waals surface area contributed by atoms with Crippen LogP contribution in [0, 0.1) is 26.7 Å². The van der Waals surface area contributed by atoms with Gasteiger partial charge in [-0.1, -0.05) is 12.1 Å². The standard InChI is InChI=1S/C24H37N5O2.HI/c1-17-7-6-8-22(13-17)30-18(2)14-26-24(25-5)27-15-21-9-11-29(12-10-21)16-23-28-19(3)20(4)31-23;/h6-8,13,18,21H,9-12,14-16H2,1-5H3,(H2,25,26,27);1H. The molecule has 0 amide bonds. The molecule has 1 fully saturated rings. The fourth-order valence-electron chi connectivity index (χ4n) is 3.81. The first-order valence-corrected chi connectivity index (χ1v) is 11.3. The molecule has 0 bridgehead atoms. The highest BCUT2D eigenvalue weighted by atomic mass is 127. The van der Waals surface area contributed by atoms with E-state index in [1.54, 1.807) is 0 Å². The van der Waals surface area contributed by atoms with Gasteiger partial charge >= 0.3 is 0 Å². The summed E-state index contributed by atoms with van der Waals surface area (Å²) in [6, 6.07) is 8.14. The van der Waals surface area contributed by atoms with Gasteiger partial charge in [-0.25, -0.2) is 4.98 Å². The Bertz CT molecular complexity index is 842. The lowest BCUT2D eigenvalue weighted by atomic mass is 9.97. The number of ether oxygens (including phenoxy) is 1. The minimum Gasteiger partial charge on any atom is -0.489 e. The van der Waals surface area contributed by atoms with E-state index in [1.165, 1.54) is 5.56 Å². The van der Waals surface area contributed by atoms with E-state index in [-0.39, 0.29) is 30.1 Å². The number of hydrogen-bond acceptors (Lipinski definition) is 5. The van der Waals surface area contributed by atoms with Crippen LogP contribution in [0.1, 0.15) is 42.7 Å². The van der Waals surface area contributed by atoms with Gasteiger partial charge in [0.2, 0.25) is 5.89 Å². The van der Waals surface area contributed by atoms with Gasteiger partial charge in [0, 0.05) is 13.6 Å². The van der Waals surface area contributed by atoms with Crippen LogP contribution in [-0.4, -0.2) is 55.2 Å². The molecule has 0 spiro atoms. The molecule has 8 heteroatoms. The number of nitrogens with one attached hydrogen (secondary N) is 2. The van der Waals surface area contributed by atoms with Gasteiger partial charge in [-0.3, -0.25) is 9.89 Å². The van der Waals surface area contributed by atoms with Crippen LogP contribution >= 0.6 is 24.0 Å². The van der Waals surface area contributed by atoms with Crippen LogP contribution in [-0.2, 0) is 6.54 Å². The molecule has 1 aliphatic rings. The molecule has 7 nitrogen and oxygen atoms in total. The number of piperidine rings is 1. The number of aliphatic imine (C=N–C) groups is 1. The third kappa shape index (κ3) is 8.27. The van der Waals surface area contributed by atoms with Crippen molar-refractivity contribution in [3.63, 3.8) is 0 Å². The summed E-state index contributed by atoms with van der Waals surface area (Å²) in [5, 5.41) is 6.85. The van der Waals surface area contributed by atoms with Crippen LogP contribution in [0.2, 0.25) is 0 Å². The fraction of sp³-hybridized carbons (Fsp3) is 0.583. The molecular formula is C24H38IN5O2. The lowest BCUT2D eigenvalue weighted by Crippen LogP contribution is -2.45. The predicted molar refractivity (Wildman–Crippen MR) is 140 cm³/mol. The summed E-state index contributed by atoms with van der Waals surface area (Å²) in [5.74, 6) is 4.13. The lowest BCUT2D eigenvalue weighted by Gasteiger charge is -2.31. The molecular weight excluding hydrogens is 517 g/mol. The van der Waals surface area contributed by atoms with Crippen LogP contribution in [0.5, 0.6) is 5.75 Å². The van der Waals surface area contributed by atoms with Gasteiger partial charge in [-0.15, -0.1) is 24.0 Å². The molecule has 2 heterocycles. The fourth-order valence-corrected chi connectivity index (χ4v) is 3.81. The molecule has 1 aliphatic heterocycles. The Kier molecular flexibility index (Phi) is 10.8. The number of guanidine groups is 1. The molecule has 1 aromatic heterocycles. The van der Waals surface area contributed by atoms with E-state index in [0.717, 1.165) is 68.1 Å². The molecule has 1 saturated heterocycles. The maximum absolute atomic E-state index is 5.99. The average molecular weight is 556 g/mol. The zero-order chi connectivity index (χ0) is 22.2. The molecule has 1 unspecified atom stereocenters. The summed E-state index contributed by atoms with van der Waals surface area (Å²) >= 11 is 0. The third-order valence-electron chi connectivity index (χ3n) is 5.80. The van der Waals surface area contributed by atoms with Gasteiger partial charge in [-0.05, 0) is 77.2 Å². The zero-order valence-corrected chi connectivity index (χ0v) is 22.3. The highest BCUT2D eigenvalue weighted by Crippen LogP contribution is 2.19. The topological polar surface area (TPSA) is 74.9 Å². The molecule has 0 radical (unpaired) electrons. The lowest BCUT2D eigenvalue weighted by molar-refractivity contribution is 0.164. The molecule has 178 valence electrons. The van der Waals surface area contributed by atoms with E-state index in [0.29, 0.717) is 12.5 Å². The number of halogens is 1. The first-order valence-electron chi connectivity index (χ1n) is 11.3. The Morgan fingerprint density at radius 2 is 2.00 bits per heavy atom. The Labute approximate surface area is 209 Å². The Morgan fingerprint density at radius 3 is 2.62 bits per heavy atom. The second kappa shape index (κ2) is 13.0. The van der Waals surface area contributed by atoms with E-state index < -0.39 is 0 Å². The van der Waals surface area contributed by atoms with Crippen molar-refractivity contribution in [1.82, 2.24) is 20.5 Å². The number of aryl methyl sites for hydroxylation is 3. The van der Waals surface area contributed by atoms with Gasteiger partial charge in [-0.2, -0.15) is 0 Å². The summed E-state index contributed by atoms with van der Waals surface area (Å²) in [6.07, 6.45) is 2.37. The monoisotopic (exact) mass is 555 g/mol. The Hall–Kier alpha value is -1.81. The maximum Gasteiger partial charge on any atom is 0.208 e. The van der Waals surface area contributed by atoms with Crippen molar-refractivity contribution in [1.29, 1.82) is 0 Å². The highest BCUT2D eigenvalue weighted by molar-refractivity contribution is 14.0. The average Bonchev–Trinajstić information content (AvgIpc) is 3.06. The summed E-state index contributed by atoms with van der Waals surface area (Å²) < 4.78 is 11.7. The molecule has 1 aromatic carbocycles. The molecule has 0 aliphatic carbocycles. The Balaban J connectivity index is 0.00000363. The van der Waals surface area contributed by atoms with Crippen molar-refractivity contribution < 1.29 is 9.15 Å². The van der Waals surface area contributed by atoms with Crippen molar-refractivity contribution in [3.8, 4) is 5.75 Å². The van der Waals surface area contributed by atoms with Crippen LogP contribution in [0.3, 0.4) is 0 Å². The van der Waals surface area contributed by atoms with E-state index in [9.17, 15) is 0 Å². The number of likely N-dealkylation sites (tertiary alicyclic amines) is 1. The minimum absolute atomic E-state index is 0. The third-order valence-corrected chi connectivity index (χ3v) is 5.80. The molecule has 0 saturated carbocycles.